The topological polar surface area (TPSA) is 67.8 Å². The van der Waals surface area contributed by atoms with Crippen LogP contribution in [0, 0.1) is 11.8 Å². The lowest BCUT2D eigenvalue weighted by Gasteiger charge is -2.19. The number of halogens is 1. The van der Waals surface area contributed by atoms with Gasteiger partial charge in [-0.05, 0) is 48.3 Å². The van der Waals surface area contributed by atoms with Crippen LogP contribution in [0.4, 0.5) is 10.5 Å². The molecule has 25 heavy (non-hydrogen) atoms. The van der Waals surface area contributed by atoms with Crippen molar-refractivity contribution >= 4 is 34.9 Å². The van der Waals surface area contributed by atoms with Crippen LogP contribution in [-0.2, 0) is 9.63 Å². The molecular formula is C19H21ClN2O3. The molecule has 0 heterocycles. The first-order chi connectivity index (χ1) is 11.8. The van der Waals surface area contributed by atoms with Crippen LogP contribution in [0.25, 0.3) is 0 Å². The zero-order chi connectivity index (χ0) is 18.6. The Labute approximate surface area is 152 Å². The minimum atomic E-state index is -0.717. The number of Topliss-reactive ketones (excluding diaryl/α,β-unsaturated/α-hetero) is 1. The van der Waals surface area contributed by atoms with E-state index in [0.29, 0.717) is 27.6 Å². The Morgan fingerprint density at radius 3 is 2.04 bits per heavy atom. The van der Waals surface area contributed by atoms with Crippen LogP contribution in [0.5, 0.6) is 0 Å². The number of anilines is 1. The normalized spacial score (nSPS) is 14.4. The summed E-state index contributed by atoms with van der Waals surface area (Å²) in [7, 11) is 0. The van der Waals surface area contributed by atoms with Crippen LogP contribution < -0.4 is 5.32 Å². The lowest BCUT2D eigenvalue weighted by atomic mass is 9.84. The number of rotatable bonds is 4. The van der Waals surface area contributed by atoms with Gasteiger partial charge in [0, 0.05) is 21.9 Å². The van der Waals surface area contributed by atoms with Gasteiger partial charge in [-0.25, -0.2) is 4.79 Å². The second kappa shape index (κ2) is 8.12. The Balaban J connectivity index is 2.13. The molecule has 1 amide bonds. The molecule has 0 aliphatic heterocycles. The highest BCUT2D eigenvalue weighted by atomic mass is 35.5. The number of benzene rings is 1. The fraction of sp³-hybridized carbons (Fsp3) is 0.316. The maximum absolute atomic E-state index is 12.4. The summed E-state index contributed by atoms with van der Waals surface area (Å²) in [6.07, 6.45) is 2.61. The molecule has 1 aliphatic carbocycles. The molecule has 1 aromatic carbocycles. The Morgan fingerprint density at radius 1 is 1.04 bits per heavy atom. The van der Waals surface area contributed by atoms with E-state index in [1.165, 1.54) is 0 Å². The highest BCUT2D eigenvalue weighted by Crippen LogP contribution is 2.25. The third-order valence-electron chi connectivity index (χ3n) is 3.70. The number of amides is 1. The number of hydrogen-bond donors (Lipinski definition) is 1. The van der Waals surface area contributed by atoms with Gasteiger partial charge in [-0.3, -0.25) is 14.9 Å². The molecule has 0 saturated heterocycles. The quantitative estimate of drug-likeness (QED) is 0.467. The monoisotopic (exact) mass is 360 g/mol. The summed E-state index contributed by atoms with van der Waals surface area (Å²) in [6, 6.07) is 6.63. The average molecular weight is 361 g/mol. The molecule has 132 valence electrons. The van der Waals surface area contributed by atoms with E-state index in [1.807, 2.05) is 27.7 Å². The number of allylic oxidation sites excluding steroid dienone is 4. The summed E-state index contributed by atoms with van der Waals surface area (Å²) < 4.78 is 0. The third kappa shape index (κ3) is 5.03. The number of oxime groups is 1. The van der Waals surface area contributed by atoms with Crippen molar-refractivity contribution in [1.29, 1.82) is 0 Å². The van der Waals surface area contributed by atoms with E-state index in [1.54, 1.807) is 36.4 Å². The minimum Gasteiger partial charge on any atom is -0.297 e. The molecule has 0 spiro atoms. The Kier molecular flexibility index (Phi) is 6.15. The molecule has 5 nitrogen and oxygen atoms in total. The van der Waals surface area contributed by atoms with Crippen molar-refractivity contribution in [2.24, 2.45) is 17.0 Å². The number of hydrogen-bond acceptors (Lipinski definition) is 4. The molecule has 0 aromatic heterocycles. The maximum Gasteiger partial charge on any atom is 0.437 e. The van der Waals surface area contributed by atoms with Gasteiger partial charge in [0.1, 0.15) is 5.71 Å². The van der Waals surface area contributed by atoms with Crippen molar-refractivity contribution in [1.82, 2.24) is 0 Å². The lowest BCUT2D eigenvalue weighted by Crippen LogP contribution is -2.21. The molecule has 0 radical (unpaired) electrons. The molecule has 0 unspecified atom stereocenters. The summed E-state index contributed by atoms with van der Waals surface area (Å²) in [4.78, 5) is 29.2. The summed E-state index contributed by atoms with van der Waals surface area (Å²) in [5.74, 6) is 0.139. The number of carbonyl (C=O) groups is 2. The fourth-order valence-corrected chi connectivity index (χ4v) is 2.46. The van der Waals surface area contributed by atoms with Crippen LogP contribution in [0.1, 0.15) is 27.7 Å². The Morgan fingerprint density at radius 2 is 1.56 bits per heavy atom. The van der Waals surface area contributed by atoms with E-state index in [2.05, 4.69) is 10.5 Å². The summed E-state index contributed by atoms with van der Waals surface area (Å²) in [6.45, 7) is 7.77. The molecule has 1 aliphatic rings. The molecule has 1 N–H and O–H groups in total. The Hall–Kier alpha value is -2.40. The molecule has 0 atom stereocenters. The van der Waals surface area contributed by atoms with Gasteiger partial charge >= 0.3 is 6.09 Å². The van der Waals surface area contributed by atoms with Crippen molar-refractivity contribution in [2.75, 3.05) is 5.32 Å². The number of nitrogens with zero attached hydrogens (tertiary/aromatic N) is 1. The van der Waals surface area contributed by atoms with Crippen LogP contribution in [0.15, 0.2) is 52.7 Å². The minimum absolute atomic E-state index is 0.0227. The predicted molar refractivity (Wildman–Crippen MR) is 99.8 cm³/mol. The number of carbonyl (C=O) groups excluding carboxylic acids is 2. The van der Waals surface area contributed by atoms with Crippen molar-refractivity contribution < 1.29 is 14.4 Å². The predicted octanol–water partition coefficient (Wildman–Crippen LogP) is 4.99. The van der Waals surface area contributed by atoms with Crippen molar-refractivity contribution in [3.8, 4) is 0 Å². The zero-order valence-corrected chi connectivity index (χ0v) is 15.4. The fourth-order valence-electron chi connectivity index (χ4n) is 2.34. The molecule has 2 rings (SSSR count). The van der Waals surface area contributed by atoms with Crippen molar-refractivity contribution in [2.45, 2.75) is 27.7 Å². The van der Waals surface area contributed by atoms with Gasteiger partial charge < -0.3 is 0 Å². The van der Waals surface area contributed by atoms with E-state index in [-0.39, 0.29) is 17.6 Å². The molecular weight excluding hydrogens is 340 g/mol. The van der Waals surface area contributed by atoms with Gasteiger partial charge in [-0.2, -0.15) is 0 Å². The first-order valence-electron chi connectivity index (χ1n) is 8.07. The summed E-state index contributed by atoms with van der Waals surface area (Å²) >= 11 is 5.79. The SMILES string of the molecule is CC(C)C1=CC(=NOC(=O)Nc2ccc(Cl)cc2)C=C(C(C)C)C1=O. The van der Waals surface area contributed by atoms with E-state index in [9.17, 15) is 9.59 Å². The van der Waals surface area contributed by atoms with Crippen LogP contribution in [-0.4, -0.2) is 17.6 Å². The molecule has 6 heteroatoms. The third-order valence-corrected chi connectivity index (χ3v) is 3.95. The average Bonchev–Trinajstić information content (AvgIpc) is 2.55. The lowest BCUT2D eigenvalue weighted by molar-refractivity contribution is -0.113. The standard InChI is InChI=1S/C19H21ClN2O3/c1-11(2)16-9-15(10-17(12(3)4)18(16)23)22-25-19(24)21-14-7-5-13(20)6-8-14/h5-12H,1-4H3,(H,21,24). The second-order valence-electron chi connectivity index (χ2n) is 6.36. The van der Waals surface area contributed by atoms with E-state index >= 15 is 0 Å². The van der Waals surface area contributed by atoms with Gasteiger partial charge in [0.15, 0.2) is 5.78 Å². The van der Waals surface area contributed by atoms with Crippen LogP contribution >= 0.6 is 11.6 Å². The Bertz CT molecular complexity index is 729. The van der Waals surface area contributed by atoms with Crippen molar-refractivity contribution in [3.05, 3.63) is 52.6 Å². The number of ketones is 1. The second-order valence-corrected chi connectivity index (χ2v) is 6.80. The largest absolute Gasteiger partial charge is 0.437 e. The van der Waals surface area contributed by atoms with Crippen molar-refractivity contribution in [3.63, 3.8) is 0 Å². The summed E-state index contributed by atoms with van der Waals surface area (Å²) in [5, 5.41) is 6.99. The van der Waals surface area contributed by atoms with E-state index in [0.717, 1.165) is 0 Å². The van der Waals surface area contributed by atoms with Gasteiger partial charge in [-0.15, -0.1) is 0 Å². The van der Waals surface area contributed by atoms with Gasteiger partial charge in [0.05, 0.1) is 0 Å². The first kappa shape index (κ1) is 18.9. The van der Waals surface area contributed by atoms with Gasteiger partial charge in [-0.1, -0.05) is 44.5 Å². The smallest absolute Gasteiger partial charge is 0.297 e. The first-order valence-corrected chi connectivity index (χ1v) is 8.45. The van der Waals surface area contributed by atoms with E-state index < -0.39 is 6.09 Å². The van der Waals surface area contributed by atoms with Gasteiger partial charge in [0.25, 0.3) is 0 Å². The van der Waals surface area contributed by atoms with Crippen LogP contribution in [0.2, 0.25) is 5.02 Å². The maximum atomic E-state index is 12.4. The molecule has 0 fully saturated rings. The zero-order valence-electron chi connectivity index (χ0n) is 14.7. The van der Waals surface area contributed by atoms with Crippen LogP contribution in [0.3, 0.4) is 0 Å². The molecule has 0 saturated carbocycles. The van der Waals surface area contributed by atoms with Gasteiger partial charge in [0.2, 0.25) is 0 Å². The highest BCUT2D eigenvalue weighted by Gasteiger charge is 2.25. The molecule has 0 bridgehead atoms. The number of nitrogens with one attached hydrogen (secondary N) is 1. The summed E-state index contributed by atoms with van der Waals surface area (Å²) in [5.41, 5.74) is 2.31. The molecule has 1 aromatic rings. The highest BCUT2D eigenvalue weighted by molar-refractivity contribution is 6.30. The van der Waals surface area contributed by atoms with E-state index in [4.69, 9.17) is 16.4 Å².